The van der Waals surface area contributed by atoms with E-state index in [1.165, 1.54) is 11.3 Å². The summed E-state index contributed by atoms with van der Waals surface area (Å²) in [6.07, 6.45) is 1.10. The Bertz CT molecular complexity index is 392. The van der Waals surface area contributed by atoms with Crippen LogP contribution in [-0.4, -0.2) is 31.3 Å². The average molecular weight is 262 g/mol. The van der Waals surface area contributed by atoms with E-state index in [9.17, 15) is 5.11 Å². The lowest BCUT2D eigenvalue weighted by Gasteiger charge is -2.22. The molecule has 0 aliphatic carbocycles. The molecule has 0 amide bonds. The second-order valence-corrected chi connectivity index (χ2v) is 5.94. The van der Waals surface area contributed by atoms with Crippen LogP contribution in [-0.2, 0) is 6.54 Å². The highest BCUT2D eigenvalue weighted by Gasteiger charge is 2.23. The van der Waals surface area contributed by atoms with Gasteiger partial charge in [0.05, 0.1) is 0 Å². The minimum Gasteiger partial charge on any atom is -0.396 e. The standard InChI is InChI=1S/C16H26N2O/c1-13(2)9-17-10-15-5-3-4-6-16(15)18-8-7-14(11-18)12-19/h3-6,13-14,17,19H,7-12H2,1-2H3. The van der Waals surface area contributed by atoms with Gasteiger partial charge in [0, 0.05) is 37.8 Å². The minimum atomic E-state index is 0.310. The van der Waals surface area contributed by atoms with Gasteiger partial charge in [-0.25, -0.2) is 0 Å². The first-order valence-electron chi connectivity index (χ1n) is 7.35. The molecule has 1 heterocycles. The highest BCUT2D eigenvalue weighted by Crippen LogP contribution is 2.26. The van der Waals surface area contributed by atoms with Crippen LogP contribution in [0, 0.1) is 11.8 Å². The maximum atomic E-state index is 9.26. The first-order valence-corrected chi connectivity index (χ1v) is 7.35. The van der Waals surface area contributed by atoms with Gasteiger partial charge in [-0.15, -0.1) is 0 Å². The lowest BCUT2D eigenvalue weighted by Crippen LogP contribution is -2.24. The fourth-order valence-corrected chi connectivity index (χ4v) is 2.66. The van der Waals surface area contributed by atoms with Gasteiger partial charge in [-0.1, -0.05) is 32.0 Å². The molecule has 1 aliphatic heterocycles. The Morgan fingerprint density at radius 2 is 2.16 bits per heavy atom. The number of para-hydroxylation sites is 1. The summed E-state index contributed by atoms with van der Waals surface area (Å²) in [6, 6.07) is 8.62. The van der Waals surface area contributed by atoms with Gasteiger partial charge in [-0.2, -0.15) is 0 Å². The Morgan fingerprint density at radius 3 is 2.84 bits per heavy atom. The monoisotopic (exact) mass is 262 g/mol. The quantitative estimate of drug-likeness (QED) is 0.825. The van der Waals surface area contributed by atoms with Gasteiger partial charge in [0.15, 0.2) is 0 Å². The molecule has 3 heteroatoms. The summed E-state index contributed by atoms with van der Waals surface area (Å²) >= 11 is 0. The molecule has 2 N–H and O–H groups in total. The first kappa shape index (κ1) is 14.4. The van der Waals surface area contributed by atoms with Crippen molar-refractivity contribution >= 4 is 5.69 Å². The van der Waals surface area contributed by atoms with Crippen molar-refractivity contribution < 1.29 is 5.11 Å². The number of hydrogen-bond donors (Lipinski definition) is 2. The molecule has 3 nitrogen and oxygen atoms in total. The molecular formula is C16H26N2O. The third-order valence-corrected chi connectivity index (χ3v) is 3.74. The molecule has 2 rings (SSSR count). The van der Waals surface area contributed by atoms with Gasteiger partial charge < -0.3 is 15.3 Å². The number of aliphatic hydroxyl groups excluding tert-OH is 1. The van der Waals surface area contributed by atoms with Crippen LogP contribution < -0.4 is 10.2 Å². The van der Waals surface area contributed by atoms with E-state index in [0.717, 1.165) is 32.6 Å². The smallest absolute Gasteiger partial charge is 0.0476 e. The summed E-state index contributed by atoms with van der Waals surface area (Å²) in [6.45, 7) is 8.78. The molecule has 106 valence electrons. The predicted octanol–water partition coefficient (Wildman–Crippen LogP) is 2.25. The van der Waals surface area contributed by atoms with Crippen LogP contribution in [0.25, 0.3) is 0 Å². The summed E-state index contributed by atoms with van der Waals surface area (Å²) in [5, 5.41) is 12.8. The Kier molecular flexibility index (Phi) is 5.23. The number of hydrogen-bond acceptors (Lipinski definition) is 3. The van der Waals surface area contributed by atoms with E-state index in [2.05, 4.69) is 48.3 Å². The van der Waals surface area contributed by atoms with Crippen molar-refractivity contribution in [3.8, 4) is 0 Å². The number of anilines is 1. The summed E-state index contributed by atoms with van der Waals surface area (Å²) < 4.78 is 0. The van der Waals surface area contributed by atoms with E-state index in [1.807, 2.05) is 0 Å². The van der Waals surface area contributed by atoms with Crippen LogP contribution in [0.3, 0.4) is 0 Å². The highest BCUT2D eigenvalue weighted by molar-refractivity contribution is 5.54. The van der Waals surface area contributed by atoms with Gasteiger partial charge in [-0.3, -0.25) is 0 Å². The normalized spacial score (nSPS) is 19.4. The maximum Gasteiger partial charge on any atom is 0.0476 e. The Morgan fingerprint density at radius 1 is 1.37 bits per heavy atom. The predicted molar refractivity (Wildman–Crippen MR) is 80.4 cm³/mol. The molecule has 1 atom stereocenters. The second-order valence-electron chi connectivity index (χ2n) is 5.94. The lowest BCUT2D eigenvalue weighted by atomic mass is 10.1. The molecule has 1 aromatic rings. The van der Waals surface area contributed by atoms with Crippen LogP contribution in [0.2, 0.25) is 0 Å². The highest BCUT2D eigenvalue weighted by atomic mass is 16.3. The molecular weight excluding hydrogens is 236 g/mol. The largest absolute Gasteiger partial charge is 0.396 e. The van der Waals surface area contributed by atoms with Crippen molar-refractivity contribution in [1.29, 1.82) is 0 Å². The molecule has 19 heavy (non-hydrogen) atoms. The molecule has 1 saturated heterocycles. The minimum absolute atomic E-state index is 0.310. The van der Waals surface area contributed by atoms with Gasteiger partial charge in [0.2, 0.25) is 0 Å². The molecule has 1 unspecified atom stereocenters. The van der Waals surface area contributed by atoms with Crippen LogP contribution >= 0.6 is 0 Å². The van der Waals surface area contributed by atoms with Crippen molar-refractivity contribution in [3.05, 3.63) is 29.8 Å². The van der Waals surface area contributed by atoms with Crippen molar-refractivity contribution in [2.75, 3.05) is 31.1 Å². The second kappa shape index (κ2) is 6.92. The number of aliphatic hydroxyl groups is 1. The number of benzene rings is 1. The summed E-state index contributed by atoms with van der Waals surface area (Å²) in [5.74, 6) is 1.12. The van der Waals surface area contributed by atoms with Crippen molar-refractivity contribution in [3.63, 3.8) is 0 Å². The van der Waals surface area contributed by atoms with Crippen LogP contribution in [0.5, 0.6) is 0 Å². The van der Waals surface area contributed by atoms with E-state index < -0.39 is 0 Å². The molecule has 1 aliphatic rings. The molecule has 0 radical (unpaired) electrons. The molecule has 0 saturated carbocycles. The zero-order valence-corrected chi connectivity index (χ0v) is 12.1. The number of nitrogens with one attached hydrogen (secondary N) is 1. The molecule has 0 bridgehead atoms. The Labute approximate surface area is 116 Å². The molecule has 1 aromatic carbocycles. The van der Waals surface area contributed by atoms with Crippen molar-refractivity contribution in [1.82, 2.24) is 5.32 Å². The van der Waals surface area contributed by atoms with Crippen molar-refractivity contribution in [2.45, 2.75) is 26.8 Å². The fourth-order valence-electron chi connectivity index (χ4n) is 2.66. The molecule has 1 fully saturated rings. The third-order valence-electron chi connectivity index (χ3n) is 3.74. The van der Waals surface area contributed by atoms with Crippen LogP contribution in [0.1, 0.15) is 25.8 Å². The molecule has 0 aromatic heterocycles. The summed E-state index contributed by atoms with van der Waals surface area (Å²) in [4.78, 5) is 2.41. The van der Waals surface area contributed by atoms with Crippen molar-refractivity contribution in [2.24, 2.45) is 11.8 Å². The maximum absolute atomic E-state index is 9.26. The SMILES string of the molecule is CC(C)CNCc1ccccc1N1CCC(CO)C1. The van der Waals surface area contributed by atoms with Gasteiger partial charge >= 0.3 is 0 Å². The van der Waals surface area contributed by atoms with Crippen LogP contribution in [0.4, 0.5) is 5.69 Å². The average Bonchev–Trinajstić information content (AvgIpc) is 2.87. The summed E-state index contributed by atoms with van der Waals surface area (Å²) in [5.41, 5.74) is 2.69. The molecule has 0 spiro atoms. The Hall–Kier alpha value is -1.06. The van der Waals surface area contributed by atoms with Gasteiger partial charge in [0.1, 0.15) is 0 Å². The first-order chi connectivity index (χ1) is 9.20. The summed E-state index contributed by atoms with van der Waals surface area (Å²) in [7, 11) is 0. The number of nitrogens with zero attached hydrogens (tertiary/aromatic N) is 1. The zero-order chi connectivity index (χ0) is 13.7. The van der Waals surface area contributed by atoms with Gasteiger partial charge in [0.25, 0.3) is 0 Å². The lowest BCUT2D eigenvalue weighted by molar-refractivity contribution is 0.238. The van der Waals surface area contributed by atoms with E-state index in [0.29, 0.717) is 18.4 Å². The van der Waals surface area contributed by atoms with E-state index in [4.69, 9.17) is 0 Å². The third kappa shape index (κ3) is 3.95. The van der Waals surface area contributed by atoms with Gasteiger partial charge in [-0.05, 0) is 30.5 Å². The topological polar surface area (TPSA) is 35.5 Å². The number of rotatable bonds is 6. The Balaban J connectivity index is 2.00. The van der Waals surface area contributed by atoms with E-state index in [1.54, 1.807) is 0 Å². The van der Waals surface area contributed by atoms with E-state index >= 15 is 0 Å². The van der Waals surface area contributed by atoms with Crippen LogP contribution in [0.15, 0.2) is 24.3 Å². The van der Waals surface area contributed by atoms with E-state index in [-0.39, 0.29) is 0 Å². The fraction of sp³-hybridized carbons (Fsp3) is 0.625. The zero-order valence-electron chi connectivity index (χ0n) is 12.1.